The van der Waals surface area contributed by atoms with Crippen LogP contribution in [-0.4, -0.2) is 23.6 Å². The van der Waals surface area contributed by atoms with Gasteiger partial charge in [-0.3, -0.25) is 0 Å². The van der Waals surface area contributed by atoms with E-state index in [0.717, 1.165) is 41.7 Å². The molecule has 1 N–H and O–H groups in total. The van der Waals surface area contributed by atoms with E-state index in [4.69, 9.17) is 20.8 Å². The lowest BCUT2D eigenvalue weighted by atomic mass is 10.1. The Kier molecular flexibility index (Phi) is 4.10. The van der Waals surface area contributed by atoms with Crippen molar-refractivity contribution in [3.05, 3.63) is 52.4 Å². The van der Waals surface area contributed by atoms with Crippen LogP contribution in [0.25, 0.3) is 0 Å². The SMILES string of the molecule is O=C(NCc1cc(Cl)cc2c1OCC2)N(Cc1ccoc1)C1CC1. The van der Waals surface area contributed by atoms with Crippen molar-refractivity contribution >= 4 is 17.6 Å². The Labute approximate surface area is 145 Å². The van der Waals surface area contributed by atoms with Crippen molar-refractivity contribution in [2.75, 3.05) is 6.61 Å². The van der Waals surface area contributed by atoms with Crippen LogP contribution in [0.4, 0.5) is 4.79 Å². The first-order valence-electron chi connectivity index (χ1n) is 8.20. The van der Waals surface area contributed by atoms with Crippen molar-refractivity contribution in [3.8, 4) is 5.75 Å². The molecule has 1 fully saturated rings. The Balaban J connectivity index is 1.44. The Bertz CT molecular complexity index is 741. The van der Waals surface area contributed by atoms with E-state index in [1.165, 1.54) is 0 Å². The van der Waals surface area contributed by atoms with E-state index in [-0.39, 0.29) is 6.03 Å². The summed E-state index contributed by atoms with van der Waals surface area (Å²) in [7, 11) is 0. The fourth-order valence-corrected chi connectivity index (χ4v) is 3.35. The van der Waals surface area contributed by atoms with Gasteiger partial charge in [-0.15, -0.1) is 0 Å². The van der Waals surface area contributed by atoms with Crippen LogP contribution in [0, 0.1) is 0 Å². The summed E-state index contributed by atoms with van der Waals surface area (Å²) >= 11 is 6.17. The van der Waals surface area contributed by atoms with Gasteiger partial charge in [-0.25, -0.2) is 4.79 Å². The maximum Gasteiger partial charge on any atom is 0.318 e. The normalized spacial score (nSPS) is 15.7. The lowest BCUT2D eigenvalue weighted by Crippen LogP contribution is -2.40. The summed E-state index contributed by atoms with van der Waals surface area (Å²) in [6.45, 7) is 1.65. The number of amides is 2. The van der Waals surface area contributed by atoms with E-state index in [2.05, 4.69) is 5.32 Å². The summed E-state index contributed by atoms with van der Waals surface area (Å²) in [5, 5.41) is 3.69. The number of nitrogens with one attached hydrogen (secondary N) is 1. The number of ether oxygens (including phenoxy) is 1. The summed E-state index contributed by atoms with van der Waals surface area (Å²) in [5.74, 6) is 0.868. The molecule has 24 heavy (non-hydrogen) atoms. The summed E-state index contributed by atoms with van der Waals surface area (Å²) < 4.78 is 10.8. The number of carbonyl (C=O) groups excluding carboxylic acids is 1. The molecule has 0 radical (unpaired) electrons. The summed E-state index contributed by atoms with van der Waals surface area (Å²) in [6.07, 6.45) is 6.29. The van der Waals surface area contributed by atoms with Crippen LogP contribution in [0.1, 0.15) is 29.5 Å². The van der Waals surface area contributed by atoms with Crippen LogP contribution < -0.4 is 10.1 Å². The number of carbonyl (C=O) groups is 1. The lowest BCUT2D eigenvalue weighted by Gasteiger charge is -2.22. The first-order chi connectivity index (χ1) is 11.7. The van der Waals surface area contributed by atoms with Gasteiger partial charge in [0.05, 0.1) is 25.7 Å². The molecule has 6 heteroatoms. The minimum absolute atomic E-state index is 0.0644. The number of urea groups is 1. The fourth-order valence-electron chi connectivity index (χ4n) is 3.08. The van der Waals surface area contributed by atoms with E-state index >= 15 is 0 Å². The van der Waals surface area contributed by atoms with Gasteiger partial charge in [0.15, 0.2) is 0 Å². The smallest absolute Gasteiger partial charge is 0.318 e. The van der Waals surface area contributed by atoms with Crippen molar-refractivity contribution in [3.63, 3.8) is 0 Å². The number of fused-ring (bicyclic) bond motifs is 1. The Hall–Kier alpha value is -2.14. The minimum Gasteiger partial charge on any atom is -0.493 e. The lowest BCUT2D eigenvalue weighted by molar-refractivity contribution is 0.191. The van der Waals surface area contributed by atoms with Crippen molar-refractivity contribution in [2.24, 2.45) is 0 Å². The standard InChI is InChI=1S/C18H19ClN2O3/c19-15-7-13-4-6-24-17(13)14(8-15)9-20-18(22)21(16-1-2-16)10-12-3-5-23-11-12/h3,5,7-8,11,16H,1-2,4,6,9-10H2,(H,20,22). The Morgan fingerprint density at radius 1 is 1.38 bits per heavy atom. The van der Waals surface area contributed by atoms with Gasteiger partial charge in [0, 0.05) is 35.2 Å². The second kappa shape index (κ2) is 6.40. The largest absolute Gasteiger partial charge is 0.493 e. The second-order valence-electron chi connectivity index (χ2n) is 6.30. The molecule has 126 valence electrons. The van der Waals surface area contributed by atoms with Gasteiger partial charge in [0.1, 0.15) is 5.75 Å². The molecular formula is C18H19ClN2O3. The zero-order valence-electron chi connectivity index (χ0n) is 13.3. The molecule has 2 aromatic rings. The van der Waals surface area contributed by atoms with Crippen molar-refractivity contribution in [2.45, 2.75) is 38.4 Å². The van der Waals surface area contributed by atoms with Gasteiger partial charge >= 0.3 is 6.03 Å². The maximum atomic E-state index is 12.6. The molecule has 0 saturated heterocycles. The zero-order chi connectivity index (χ0) is 16.5. The number of furan rings is 1. The van der Waals surface area contributed by atoms with E-state index in [9.17, 15) is 4.79 Å². The first-order valence-corrected chi connectivity index (χ1v) is 8.58. The molecule has 1 saturated carbocycles. The van der Waals surface area contributed by atoms with Crippen LogP contribution >= 0.6 is 11.6 Å². The van der Waals surface area contributed by atoms with Crippen LogP contribution in [0.15, 0.2) is 35.1 Å². The molecule has 2 amide bonds. The van der Waals surface area contributed by atoms with Crippen LogP contribution in [0.5, 0.6) is 5.75 Å². The van der Waals surface area contributed by atoms with E-state index in [0.29, 0.717) is 30.8 Å². The van der Waals surface area contributed by atoms with Crippen LogP contribution in [0.3, 0.4) is 0 Å². The average Bonchev–Trinajstić information content (AvgIpc) is 3.07. The van der Waals surface area contributed by atoms with Crippen LogP contribution in [0.2, 0.25) is 5.02 Å². The molecule has 1 aromatic heterocycles. The molecule has 0 spiro atoms. The molecule has 0 bridgehead atoms. The molecular weight excluding hydrogens is 328 g/mol. The number of hydrogen-bond donors (Lipinski definition) is 1. The molecule has 2 aliphatic rings. The third kappa shape index (κ3) is 3.22. The Morgan fingerprint density at radius 3 is 3.00 bits per heavy atom. The van der Waals surface area contributed by atoms with Gasteiger partial charge in [0.25, 0.3) is 0 Å². The molecule has 1 aliphatic carbocycles. The van der Waals surface area contributed by atoms with E-state index < -0.39 is 0 Å². The molecule has 1 aromatic carbocycles. The summed E-state index contributed by atoms with van der Waals surface area (Å²) in [4.78, 5) is 14.5. The number of nitrogens with zero attached hydrogens (tertiary/aromatic N) is 1. The highest BCUT2D eigenvalue weighted by molar-refractivity contribution is 6.30. The topological polar surface area (TPSA) is 54.7 Å². The van der Waals surface area contributed by atoms with E-state index in [1.807, 2.05) is 23.1 Å². The average molecular weight is 347 g/mol. The fraction of sp³-hybridized carbons (Fsp3) is 0.389. The number of hydrogen-bond acceptors (Lipinski definition) is 3. The second-order valence-corrected chi connectivity index (χ2v) is 6.74. The predicted octanol–water partition coefficient (Wildman–Crippen LogP) is 3.74. The zero-order valence-corrected chi connectivity index (χ0v) is 14.0. The highest BCUT2D eigenvalue weighted by Gasteiger charge is 2.32. The van der Waals surface area contributed by atoms with Gasteiger partial charge in [-0.1, -0.05) is 11.6 Å². The number of rotatable bonds is 5. The van der Waals surface area contributed by atoms with Crippen molar-refractivity contribution in [1.82, 2.24) is 10.2 Å². The van der Waals surface area contributed by atoms with Gasteiger partial charge in [0.2, 0.25) is 0 Å². The number of halogens is 1. The van der Waals surface area contributed by atoms with Crippen LogP contribution in [-0.2, 0) is 19.5 Å². The molecule has 1 aliphatic heterocycles. The molecule has 0 atom stereocenters. The predicted molar refractivity (Wildman–Crippen MR) is 90.2 cm³/mol. The summed E-state index contributed by atoms with van der Waals surface area (Å²) in [6, 6.07) is 5.95. The molecule has 0 unspecified atom stereocenters. The quantitative estimate of drug-likeness (QED) is 0.897. The minimum atomic E-state index is -0.0644. The molecule has 5 nitrogen and oxygen atoms in total. The molecule has 2 heterocycles. The van der Waals surface area contributed by atoms with Gasteiger partial charge in [-0.05, 0) is 36.6 Å². The van der Waals surface area contributed by atoms with Crippen molar-refractivity contribution < 1.29 is 13.9 Å². The number of benzene rings is 1. The third-order valence-electron chi connectivity index (χ3n) is 4.44. The first kappa shape index (κ1) is 15.4. The van der Waals surface area contributed by atoms with Crippen molar-refractivity contribution in [1.29, 1.82) is 0 Å². The highest BCUT2D eigenvalue weighted by atomic mass is 35.5. The molecule has 4 rings (SSSR count). The highest BCUT2D eigenvalue weighted by Crippen LogP contribution is 2.33. The van der Waals surface area contributed by atoms with E-state index in [1.54, 1.807) is 12.5 Å². The summed E-state index contributed by atoms with van der Waals surface area (Å²) in [5.41, 5.74) is 3.05. The Morgan fingerprint density at radius 2 is 2.25 bits per heavy atom. The van der Waals surface area contributed by atoms with Gasteiger partial charge < -0.3 is 19.4 Å². The monoisotopic (exact) mass is 346 g/mol. The maximum absolute atomic E-state index is 12.6. The third-order valence-corrected chi connectivity index (χ3v) is 4.66. The van der Waals surface area contributed by atoms with Gasteiger partial charge in [-0.2, -0.15) is 0 Å².